The van der Waals surface area contributed by atoms with Crippen LogP contribution in [0.3, 0.4) is 0 Å². The van der Waals surface area contributed by atoms with E-state index in [9.17, 15) is 14.4 Å². The van der Waals surface area contributed by atoms with Gasteiger partial charge in [-0.2, -0.15) is 0 Å². The second-order valence-corrected chi connectivity index (χ2v) is 9.27. The van der Waals surface area contributed by atoms with Gasteiger partial charge in [0, 0.05) is 38.1 Å². The van der Waals surface area contributed by atoms with E-state index in [2.05, 4.69) is 54.8 Å². The molecule has 1 fully saturated rings. The summed E-state index contributed by atoms with van der Waals surface area (Å²) in [7, 11) is 0. The van der Waals surface area contributed by atoms with Gasteiger partial charge in [-0.1, -0.05) is 18.2 Å². The van der Waals surface area contributed by atoms with Crippen molar-refractivity contribution >= 4 is 40.2 Å². The average Bonchev–Trinajstić information content (AvgIpc) is 3.45. The number of nitrogens with two attached hydrogens (primary N) is 1. The van der Waals surface area contributed by atoms with E-state index in [0.29, 0.717) is 18.0 Å². The second kappa shape index (κ2) is 12.4. The molecule has 13 nitrogen and oxygen atoms in total. The lowest BCUT2D eigenvalue weighted by molar-refractivity contribution is -0.118. The van der Waals surface area contributed by atoms with Gasteiger partial charge in [-0.3, -0.25) is 9.59 Å². The van der Waals surface area contributed by atoms with Crippen LogP contribution in [0.4, 0.5) is 11.4 Å². The maximum atomic E-state index is 12.5. The molecule has 0 bridgehead atoms. The summed E-state index contributed by atoms with van der Waals surface area (Å²) in [6.07, 6.45) is 2.41. The number of hydrogen-bond donors (Lipinski definition) is 5. The number of H-pyrrole nitrogens is 1. The molecular weight excluding hydrogens is 530 g/mol. The molecular formula is C28H29N7O6. The summed E-state index contributed by atoms with van der Waals surface area (Å²) in [5.41, 5.74) is 9.70. The minimum absolute atomic E-state index is 0.0265. The molecule has 4 aromatic rings. The van der Waals surface area contributed by atoms with Crippen molar-refractivity contribution in [1.82, 2.24) is 20.3 Å². The first-order valence-electron chi connectivity index (χ1n) is 12.9. The van der Waals surface area contributed by atoms with Gasteiger partial charge in [0.15, 0.2) is 12.3 Å². The van der Waals surface area contributed by atoms with Crippen molar-refractivity contribution < 1.29 is 29.0 Å². The Morgan fingerprint density at radius 2 is 1.83 bits per heavy atom. The molecule has 41 heavy (non-hydrogen) atoms. The van der Waals surface area contributed by atoms with Crippen molar-refractivity contribution in [3.05, 3.63) is 77.4 Å². The summed E-state index contributed by atoms with van der Waals surface area (Å²) in [5, 5.41) is 14.6. The average molecular weight is 560 g/mol. The molecule has 212 valence electrons. The lowest BCUT2D eigenvalue weighted by atomic mass is 10.1. The molecule has 2 aromatic heterocycles. The van der Waals surface area contributed by atoms with Crippen molar-refractivity contribution in [3.63, 3.8) is 0 Å². The minimum atomic E-state index is -1.15. The Labute approximate surface area is 234 Å². The van der Waals surface area contributed by atoms with Crippen LogP contribution in [0, 0.1) is 0 Å². The number of carboxylic acids is 1. The first-order valence-corrected chi connectivity index (χ1v) is 12.9. The summed E-state index contributed by atoms with van der Waals surface area (Å²) in [6.45, 7) is 4.41. The number of ether oxygens (including phenoxy) is 2. The van der Waals surface area contributed by atoms with Gasteiger partial charge >= 0.3 is 5.97 Å². The van der Waals surface area contributed by atoms with Crippen LogP contribution in [-0.2, 0) is 22.6 Å². The maximum Gasteiger partial charge on any atom is 0.339 e. The third kappa shape index (κ3) is 6.42. The summed E-state index contributed by atoms with van der Waals surface area (Å²) >= 11 is 0. The number of aromatic nitrogens is 3. The van der Waals surface area contributed by atoms with Crippen molar-refractivity contribution in [3.8, 4) is 5.75 Å². The molecule has 0 radical (unpaired) electrons. The molecule has 2 aliphatic heterocycles. The van der Waals surface area contributed by atoms with Crippen molar-refractivity contribution in [2.75, 3.05) is 43.1 Å². The van der Waals surface area contributed by atoms with Crippen LogP contribution in [0.2, 0.25) is 0 Å². The van der Waals surface area contributed by atoms with E-state index in [0.717, 1.165) is 38.2 Å². The molecule has 0 unspecified atom stereocenters. The van der Waals surface area contributed by atoms with E-state index in [1.54, 1.807) is 18.2 Å². The number of aromatic amines is 1. The van der Waals surface area contributed by atoms with Crippen LogP contribution in [0.5, 0.6) is 5.75 Å². The number of fused-ring (bicyclic) bond motifs is 2. The second-order valence-electron chi connectivity index (χ2n) is 9.27. The number of carbonyl (C=O) groups excluding carboxylic acids is 2. The van der Waals surface area contributed by atoms with E-state index in [1.807, 2.05) is 0 Å². The molecule has 13 heteroatoms. The van der Waals surface area contributed by atoms with Gasteiger partial charge in [0.2, 0.25) is 0 Å². The van der Waals surface area contributed by atoms with Gasteiger partial charge in [-0.25, -0.2) is 14.8 Å². The summed E-state index contributed by atoms with van der Waals surface area (Å²) in [4.78, 5) is 48.0. The fourth-order valence-electron chi connectivity index (χ4n) is 4.45. The molecule has 4 heterocycles. The Bertz CT molecular complexity index is 1560. The molecule has 2 aliphatic rings. The minimum Gasteiger partial charge on any atom is -0.482 e. The number of aromatic carboxylic acids is 1. The predicted octanol–water partition coefficient (Wildman–Crippen LogP) is 1.90. The van der Waals surface area contributed by atoms with E-state index < -0.39 is 11.9 Å². The molecule has 0 saturated carbocycles. The molecule has 0 atom stereocenters. The van der Waals surface area contributed by atoms with E-state index in [4.69, 9.17) is 20.3 Å². The number of benzene rings is 2. The van der Waals surface area contributed by atoms with E-state index in [1.165, 1.54) is 17.4 Å². The Balaban J connectivity index is 0.000000202. The number of anilines is 2. The first kappa shape index (κ1) is 27.6. The van der Waals surface area contributed by atoms with Crippen LogP contribution < -0.4 is 26.0 Å². The lowest BCUT2D eigenvalue weighted by Crippen LogP contribution is -2.36. The Morgan fingerprint density at radius 3 is 2.56 bits per heavy atom. The molecule has 0 spiro atoms. The highest BCUT2D eigenvalue weighted by Crippen LogP contribution is 2.28. The van der Waals surface area contributed by atoms with Gasteiger partial charge in [-0.15, -0.1) is 0 Å². The number of carboxylic acid groups (broad SMARTS) is 1. The van der Waals surface area contributed by atoms with Crippen LogP contribution in [-0.4, -0.2) is 70.8 Å². The smallest absolute Gasteiger partial charge is 0.339 e. The van der Waals surface area contributed by atoms with Crippen LogP contribution in [0.25, 0.3) is 11.0 Å². The fourth-order valence-corrected chi connectivity index (χ4v) is 4.45. The van der Waals surface area contributed by atoms with E-state index in [-0.39, 0.29) is 41.3 Å². The summed E-state index contributed by atoms with van der Waals surface area (Å²) < 4.78 is 10.6. The highest BCUT2D eigenvalue weighted by molar-refractivity contribution is 6.08. The number of morpholine rings is 1. The third-order valence-corrected chi connectivity index (χ3v) is 6.59. The number of nitrogens with one attached hydrogen (secondary N) is 3. The van der Waals surface area contributed by atoms with E-state index >= 15 is 0 Å². The normalized spacial score (nSPS) is 14.3. The van der Waals surface area contributed by atoms with Crippen molar-refractivity contribution in [1.29, 1.82) is 0 Å². The van der Waals surface area contributed by atoms with Crippen LogP contribution >= 0.6 is 0 Å². The zero-order chi connectivity index (χ0) is 28.8. The van der Waals surface area contributed by atoms with Gasteiger partial charge in [0.1, 0.15) is 23.2 Å². The largest absolute Gasteiger partial charge is 0.482 e. The maximum absolute atomic E-state index is 12.5. The third-order valence-electron chi connectivity index (χ3n) is 6.59. The number of amides is 2. The van der Waals surface area contributed by atoms with Gasteiger partial charge < -0.3 is 40.8 Å². The molecule has 6 N–H and O–H groups in total. The summed E-state index contributed by atoms with van der Waals surface area (Å²) in [6, 6.07) is 13.6. The zero-order valence-corrected chi connectivity index (χ0v) is 22.1. The Kier molecular flexibility index (Phi) is 8.36. The number of rotatable bonds is 6. The zero-order valence-electron chi connectivity index (χ0n) is 22.1. The summed E-state index contributed by atoms with van der Waals surface area (Å²) in [5.74, 6) is -1.31. The molecule has 1 saturated heterocycles. The van der Waals surface area contributed by atoms with Crippen LogP contribution in [0.1, 0.15) is 32.0 Å². The SMILES string of the molecule is NCc1ccc(N2CCOCC2)cc1.O=C1COc2ccc(CNC(=O)c3ncnc4c(C(=O)O)c[nH]c34)cc2N1. The van der Waals surface area contributed by atoms with Gasteiger partial charge in [-0.05, 0) is 35.4 Å². The Morgan fingerprint density at radius 1 is 1.07 bits per heavy atom. The van der Waals surface area contributed by atoms with Crippen LogP contribution in [0.15, 0.2) is 55.0 Å². The van der Waals surface area contributed by atoms with Gasteiger partial charge in [0.05, 0.1) is 24.4 Å². The van der Waals surface area contributed by atoms with Crippen molar-refractivity contribution in [2.24, 2.45) is 5.73 Å². The topological polar surface area (TPSA) is 185 Å². The monoisotopic (exact) mass is 559 g/mol. The highest BCUT2D eigenvalue weighted by atomic mass is 16.5. The molecule has 2 aromatic carbocycles. The standard InChI is InChI=1S/C17H13N5O5.C11H16N2O/c23-12-6-27-11-2-1-8(3-10(11)22-12)4-19-16(24)15-14-13(20-7-21-15)9(5-18-14)17(25)26;12-9-10-1-3-11(4-2-10)13-5-7-14-8-6-13/h1-3,5,7,18H,4,6H2,(H,19,24)(H,22,23)(H,25,26);1-4H,5-9,12H2. The molecule has 0 aliphatic carbocycles. The quantitative estimate of drug-likeness (QED) is 0.234. The van der Waals surface area contributed by atoms with Gasteiger partial charge in [0.25, 0.3) is 11.8 Å². The number of carbonyl (C=O) groups is 3. The lowest BCUT2D eigenvalue weighted by Gasteiger charge is -2.28. The van der Waals surface area contributed by atoms with Crippen molar-refractivity contribution in [2.45, 2.75) is 13.1 Å². The molecule has 6 rings (SSSR count). The fraction of sp³-hybridized carbons (Fsp3) is 0.250. The number of nitrogens with zero attached hydrogens (tertiary/aromatic N) is 3. The Hall–Kier alpha value is -5.01. The first-order chi connectivity index (χ1) is 19.9. The predicted molar refractivity (Wildman–Crippen MR) is 150 cm³/mol. The molecule has 2 amide bonds. The highest BCUT2D eigenvalue weighted by Gasteiger charge is 2.20. The number of hydrogen-bond acceptors (Lipinski definition) is 9.